The largest absolute Gasteiger partial charge is 0.394 e. The van der Waals surface area contributed by atoms with E-state index >= 15 is 0 Å². The molecular formula is C13H15BrClNO2. The van der Waals surface area contributed by atoms with Crippen LogP contribution in [0.1, 0.15) is 23.7 Å². The van der Waals surface area contributed by atoms with E-state index in [-0.39, 0.29) is 18.6 Å². The summed E-state index contributed by atoms with van der Waals surface area (Å²) in [7, 11) is 0. The van der Waals surface area contributed by atoms with Gasteiger partial charge in [-0.25, -0.2) is 0 Å². The van der Waals surface area contributed by atoms with E-state index in [0.717, 1.165) is 10.9 Å². The molecule has 1 aromatic carbocycles. The minimum Gasteiger partial charge on any atom is -0.394 e. The Balaban J connectivity index is 2.28. The first kappa shape index (κ1) is 13.8. The number of nitrogens with zero attached hydrogens (tertiary/aromatic N) is 1. The summed E-state index contributed by atoms with van der Waals surface area (Å²) in [4.78, 5) is 14.2. The number of aliphatic hydroxyl groups is 1. The summed E-state index contributed by atoms with van der Waals surface area (Å²) >= 11 is 9.40. The van der Waals surface area contributed by atoms with Crippen LogP contribution >= 0.6 is 27.5 Å². The molecule has 0 bridgehead atoms. The van der Waals surface area contributed by atoms with Gasteiger partial charge in [0.1, 0.15) is 0 Å². The number of carbonyl (C=O) groups excluding carboxylic acids is 1. The van der Waals surface area contributed by atoms with Crippen molar-refractivity contribution in [2.45, 2.75) is 19.4 Å². The molecule has 5 heteroatoms. The topological polar surface area (TPSA) is 40.5 Å². The Bertz CT molecular complexity index is 466. The second-order valence-corrected chi connectivity index (χ2v) is 5.96. The summed E-state index contributed by atoms with van der Waals surface area (Å²) in [5, 5.41) is 9.83. The summed E-state index contributed by atoms with van der Waals surface area (Å²) in [5.74, 6) is 0.217. The maximum Gasteiger partial charge on any atom is 0.255 e. The van der Waals surface area contributed by atoms with E-state index in [1.165, 1.54) is 0 Å². The number of hydrogen-bond donors (Lipinski definition) is 1. The lowest BCUT2D eigenvalue weighted by Crippen LogP contribution is -2.39. The van der Waals surface area contributed by atoms with Gasteiger partial charge in [-0.1, -0.05) is 34.5 Å². The molecule has 0 aromatic heterocycles. The molecular weight excluding hydrogens is 318 g/mol. The van der Waals surface area contributed by atoms with Gasteiger partial charge in [0.05, 0.1) is 23.2 Å². The molecule has 2 unspecified atom stereocenters. The van der Waals surface area contributed by atoms with Crippen molar-refractivity contribution in [3.05, 3.63) is 33.3 Å². The highest BCUT2D eigenvalue weighted by Crippen LogP contribution is 2.28. The van der Waals surface area contributed by atoms with Gasteiger partial charge in [0.25, 0.3) is 5.91 Å². The molecule has 0 radical (unpaired) electrons. The fourth-order valence-electron chi connectivity index (χ4n) is 2.35. The molecule has 0 spiro atoms. The van der Waals surface area contributed by atoms with Crippen molar-refractivity contribution in [2.24, 2.45) is 5.92 Å². The number of halogens is 2. The summed E-state index contributed by atoms with van der Waals surface area (Å²) < 4.78 is 0.822. The molecule has 3 nitrogen and oxygen atoms in total. The highest BCUT2D eigenvalue weighted by molar-refractivity contribution is 9.10. The Kier molecular flexibility index (Phi) is 4.30. The smallest absolute Gasteiger partial charge is 0.255 e. The average Bonchev–Trinajstić information content (AvgIpc) is 2.72. The van der Waals surface area contributed by atoms with E-state index in [4.69, 9.17) is 11.6 Å². The zero-order valence-corrected chi connectivity index (χ0v) is 12.4. The summed E-state index contributed by atoms with van der Waals surface area (Å²) in [6, 6.07) is 5.12. The van der Waals surface area contributed by atoms with Crippen LogP contribution in [0.2, 0.25) is 5.02 Å². The molecule has 0 aliphatic carbocycles. The Hall–Kier alpha value is -0.580. The van der Waals surface area contributed by atoms with Gasteiger partial charge in [-0.2, -0.15) is 0 Å². The lowest BCUT2D eigenvalue weighted by molar-refractivity contribution is 0.0648. The number of rotatable bonds is 2. The minimum atomic E-state index is -0.107. The number of benzene rings is 1. The van der Waals surface area contributed by atoms with Crippen LogP contribution in [0.15, 0.2) is 22.7 Å². The SMILES string of the molecule is CC1CCN(C(=O)c2cc(Br)ccc2Cl)C1CO. The molecule has 18 heavy (non-hydrogen) atoms. The number of amides is 1. The van der Waals surface area contributed by atoms with Gasteiger partial charge in [0, 0.05) is 11.0 Å². The molecule has 1 aliphatic rings. The van der Waals surface area contributed by atoms with E-state index in [1.54, 1.807) is 23.1 Å². The molecule has 1 aliphatic heterocycles. The van der Waals surface area contributed by atoms with Crippen molar-refractivity contribution in [3.63, 3.8) is 0 Å². The van der Waals surface area contributed by atoms with Crippen molar-refractivity contribution < 1.29 is 9.90 Å². The van der Waals surface area contributed by atoms with Gasteiger partial charge in [0.15, 0.2) is 0 Å². The zero-order valence-electron chi connectivity index (χ0n) is 10.1. The number of aliphatic hydroxyl groups excluding tert-OH is 1. The Morgan fingerprint density at radius 2 is 2.33 bits per heavy atom. The average molecular weight is 333 g/mol. The summed E-state index contributed by atoms with van der Waals surface area (Å²) in [6.45, 7) is 2.73. The van der Waals surface area contributed by atoms with E-state index in [1.807, 2.05) is 0 Å². The van der Waals surface area contributed by atoms with Crippen LogP contribution in [0.5, 0.6) is 0 Å². The van der Waals surface area contributed by atoms with Crippen molar-refractivity contribution in [1.29, 1.82) is 0 Å². The lowest BCUT2D eigenvalue weighted by atomic mass is 10.0. The highest BCUT2D eigenvalue weighted by atomic mass is 79.9. The Labute approximate surface area is 120 Å². The third-order valence-electron chi connectivity index (χ3n) is 3.49. The second-order valence-electron chi connectivity index (χ2n) is 4.64. The van der Waals surface area contributed by atoms with Crippen LogP contribution in [-0.4, -0.2) is 35.1 Å². The van der Waals surface area contributed by atoms with Crippen molar-refractivity contribution in [2.75, 3.05) is 13.2 Å². The third kappa shape index (κ3) is 2.56. The van der Waals surface area contributed by atoms with Gasteiger partial charge in [-0.3, -0.25) is 4.79 Å². The third-order valence-corrected chi connectivity index (χ3v) is 4.31. The van der Waals surface area contributed by atoms with Crippen molar-refractivity contribution in [1.82, 2.24) is 4.90 Å². The van der Waals surface area contributed by atoms with E-state index in [0.29, 0.717) is 23.0 Å². The fraction of sp³-hybridized carbons (Fsp3) is 0.462. The van der Waals surface area contributed by atoms with Gasteiger partial charge in [0.2, 0.25) is 0 Å². The molecule has 2 atom stereocenters. The van der Waals surface area contributed by atoms with Crippen LogP contribution in [0, 0.1) is 5.92 Å². The number of carbonyl (C=O) groups is 1. The predicted octanol–water partition coefficient (Wildman–Crippen LogP) is 2.95. The summed E-state index contributed by atoms with van der Waals surface area (Å²) in [6.07, 6.45) is 0.919. The first-order valence-corrected chi connectivity index (χ1v) is 7.08. The van der Waals surface area contributed by atoms with Crippen molar-refractivity contribution in [3.8, 4) is 0 Å². The molecule has 1 amide bonds. The molecule has 1 fully saturated rings. The summed E-state index contributed by atoms with van der Waals surface area (Å²) in [5.41, 5.74) is 0.485. The lowest BCUT2D eigenvalue weighted by Gasteiger charge is -2.25. The van der Waals surface area contributed by atoms with Crippen LogP contribution in [0.4, 0.5) is 0 Å². The second kappa shape index (κ2) is 5.59. The van der Waals surface area contributed by atoms with E-state index in [2.05, 4.69) is 22.9 Å². The van der Waals surface area contributed by atoms with Crippen LogP contribution in [0.25, 0.3) is 0 Å². The first-order chi connectivity index (χ1) is 8.54. The molecule has 2 rings (SSSR count). The molecule has 1 aromatic rings. The minimum absolute atomic E-state index is 0.00146. The van der Waals surface area contributed by atoms with Crippen LogP contribution in [0.3, 0.4) is 0 Å². The van der Waals surface area contributed by atoms with Crippen LogP contribution < -0.4 is 0 Å². The molecule has 1 N–H and O–H groups in total. The molecule has 1 heterocycles. The van der Waals surface area contributed by atoms with Gasteiger partial charge in [-0.15, -0.1) is 0 Å². The monoisotopic (exact) mass is 331 g/mol. The predicted molar refractivity (Wildman–Crippen MR) is 74.8 cm³/mol. The van der Waals surface area contributed by atoms with Crippen LogP contribution in [-0.2, 0) is 0 Å². The zero-order chi connectivity index (χ0) is 13.3. The molecule has 0 saturated carbocycles. The van der Waals surface area contributed by atoms with Gasteiger partial charge < -0.3 is 10.0 Å². The normalized spacial score (nSPS) is 23.4. The quantitative estimate of drug-likeness (QED) is 0.904. The highest BCUT2D eigenvalue weighted by Gasteiger charge is 2.34. The van der Waals surface area contributed by atoms with Gasteiger partial charge in [-0.05, 0) is 30.5 Å². The Morgan fingerprint density at radius 1 is 1.61 bits per heavy atom. The first-order valence-electron chi connectivity index (χ1n) is 5.91. The maximum absolute atomic E-state index is 12.4. The maximum atomic E-state index is 12.4. The number of likely N-dealkylation sites (tertiary alicyclic amines) is 1. The molecule has 98 valence electrons. The standard InChI is InChI=1S/C13H15BrClNO2/c1-8-4-5-16(12(8)7-17)13(18)10-6-9(14)2-3-11(10)15/h2-3,6,8,12,17H,4-5,7H2,1H3. The van der Waals surface area contributed by atoms with E-state index < -0.39 is 0 Å². The molecule has 1 saturated heterocycles. The fourth-order valence-corrected chi connectivity index (χ4v) is 2.91. The van der Waals surface area contributed by atoms with Crippen molar-refractivity contribution >= 4 is 33.4 Å². The van der Waals surface area contributed by atoms with E-state index in [9.17, 15) is 9.90 Å². The van der Waals surface area contributed by atoms with Gasteiger partial charge >= 0.3 is 0 Å². The number of hydrogen-bond acceptors (Lipinski definition) is 2. The Morgan fingerprint density at radius 3 is 3.00 bits per heavy atom.